The molecule has 7 nitrogen and oxygen atoms in total. The van der Waals surface area contributed by atoms with Gasteiger partial charge < -0.3 is 19.7 Å². The van der Waals surface area contributed by atoms with Crippen molar-refractivity contribution in [3.63, 3.8) is 0 Å². The minimum absolute atomic E-state index is 0.274. The number of β-lactam (4-membered cyclic amide) rings is 1. The normalized spacial score (nSPS) is 27.2. The summed E-state index contributed by atoms with van der Waals surface area (Å²) < 4.78 is 9.94. The highest BCUT2D eigenvalue weighted by Gasteiger charge is 2.64. The van der Waals surface area contributed by atoms with Crippen molar-refractivity contribution in [1.29, 1.82) is 0 Å². The van der Waals surface area contributed by atoms with Gasteiger partial charge in [-0.1, -0.05) is 18.2 Å². The number of hydrogen-bond acceptors (Lipinski definition) is 6. The fraction of sp³-hybridized carbons (Fsp3) is 0.500. The van der Waals surface area contributed by atoms with E-state index in [1.54, 1.807) is 19.1 Å². The SMILES string of the molecule is COC(=O)C1N2C(=O)C(NC(=O)C(C)Oc3ccccc3)C2SC1(C)C. The van der Waals surface area contributed by atoms with Crippen molar-refractivity contribution in [3.05, 3.63) is 30.3 Å². The Balaban J connectivity index is 1.64. The van der Waals surface area contributed by atoms with Gasteiger partial charge in [0.05, 0.1) is 7.11 Å². The molecule has 0 aromatic heterocycles. The number of ether oxygens (including phenoxy) is 2. The lowest BCUT2D eigenvalue weighted by Crippen LogP contribution is -2.71. The number of benzene rings is 1. The summed E-state index contributed by atoms with van der Waals surface area (Å²) in [4.78, 5) is 38.5. The second-order valence-corrected chi connectivity index (χ2v) is 8.61. The number of nitrogens with zero attached hydrogens (tertiary/aromatic N) is 1. The predicted octanol–water partition coefficient (Wildman–Crippen LogP) is 1.17. The Kier molecular flexibility index (Phi) is 4.88. The fourth-order valence-corrected chi connectivity index (χ4v) is 4.89. The van der Waals surface area contributed by atoms with Crippen LogP contribution >= 0.6 is 11.8 Å². The van der Waals surface area contributed by atoms with Crippen LogP contribution in [0.2, 0.25) is 0 Å². The number of nitrogens with one attached hydrogen (secondary N) is 1. The lowest BCUT2D eigenvalue weighted by molar-refractivity contribution is -0.163. The molecule has 0 bridgehead atoms. The number of fused-ring (bicyclic) bond motifs is 1. The first kappa shape index (κ1) is 18.6. The average molecular weight is 378 g/mol. The number of methoxy groups -OCH3 is 1. The smallest absolute Gasteiger partial charge is 0.330 e. The molecule has 0 spiro atoms. The van der Waals surface area contributed by atoms with E-state index in [0.29, 0.717) is 5.75 Å². The topological polar surface area (TPSA) is 84.9 Å². The molecule has 2 amide bonds. The van der Waals surface area contributed by atoms with Crippen molar-refractivity contribution < 1.29 is 23.9 Å². The van der Waals surface area contributed by atoms with Crippen molar-refractivity contribution in [2.45, 2.75) is 49.1 Å². The van der Waals surface area contributed by atoms with Gasteiger partial charge in [-0.05, 0) is 32.9 Å². The molecule has 4 atom stereocenters. The summed E-state index contributed by atoms with van der Waals surface area (Å²) in [5.74, 6) is -0.502. The average Bonchev–Trinajstić information content (AvgIpc) is 2.87. The first-order valence-corrected chi connectivity index (χ1v) is 9.24. The third-order valence-corrected chi connectivity index (χ3v) is 6.16. The zero-order chi connectivity index (χ0) is 19.1. The number of amides is 2. The summed E-state index contributed by atoms with van der Waals surface area (Å²) in [6.45, 7) is 5.42. The lowest BCUT2D eigenvalue weighted by Gasteiger charge is -2.44. The van der Waals surface area contributed by atoms with Crippen LogP contribution < -0.4 is 10.1 Å². The predicted molar refractivity (Wildman–Crippen MR) is 96.6 cm³/mol. The fourth-order valence-electron chi connectivity index (χ4n) is 3.27. The molecule has 4 unspecified atom stereocenters. The Hall–Kier alpha value is -2.22. The lowest BCUT2D eigenvalue weighted by atomic mass is 9.96. The van der Waals surface area contributed by atoms with Crippen LogP contribution in [0.4, 0.5) is 0 Å². The molecule has 2 aliphatic rings. The van der Waals surface area contributed by atoms with Crippen molar-refractivity contribution in [3.8, 4) is 5.75 Å². The van der Waals surface area contributed by atoms with E-state index in [1.165, 1.54) is 23.8 Å². The third kappa shape index (κ3) is 3.13. The molecule has 140 valence electrons. The monoisotopic (exact) mass is 378 g/mol. The number of rotatable bonds is 5. The summed E-state index contributed by atoms with van der Waals surface area (Å²) in [5, 5.41) is 2.46. The van der Waals surface area contributed by atoms with Gasteiger partial charge in [-0.15, -0.1) is 11.8 Å². The summed E-state index contributed by atoms with van der Waals surface area (Å²) in [6.07, 6.45) is -0.741. The van der Waals surface area contributed by atoms with Crippen molar-refractivity contribution >= 4 is 29.5 Å². The molecule has 26 heavy (non-hydrogen) atoms. The maximum atomic E-state index is 12.5. The highest BCUT2D eigenvalue weighted by molar-refractivity contribution is 8.01. The molecule has 2 fully saturated rings. The van der Waals surface area contributed by atoms with Gasteiger partial charge in [0.25, 0.3) is 5.91 Å². The number of para-hydroxylation sites is 1. The molecule has 1 N–H and O–H groups in total. The Morgan fingerprint density at radius 2 is 1.92 bits per heavy atom. The van der Waals surface area contributed by atoms with E-state index >= 15 is 0 Å². The largest absolute Gasteiger partial charge is 0.481 e. The van der Waals surface area contributed by atoms with Gasteiger partial charge in [0.1, 0.15) is 23.2 Å². The van der Waals surface area contributed by atoms with Crippen LogP contribution in [-0.4, -0.2) is 58.1 Å². The maximum Gasteiger partial charge on any atom is 0.330 e. The Morgan fingerprint density at radius 1 is 1.27 bits per heavy atom. The third-order valence-electron chi connectivity index (χ3n) is 4.59. The molecule has 0 saturated carbocycles. The van der Waals surface area contributed by atoms with E-state index in [1.807, 2.05) is 32.0 Å². The Labute approximate surface area is 156 Å². The zero-order valence-corrected chi connectivity index (χ0v) is 15.9. The zero-order valence-electron chi connectivity index (χ0n) is 15.1. The van der Waals surface area contributed by atoms with Gasteiger partial charge >= 0.3 is 5.97 Å². The van der Waals surface area contributed by atoms with Crippen LogP contribution in [0, 0.1) is 0 Å². The summed E-state index contributed by atoms with van der Waals surface area (Å²) in [5.41, 5.74) is 0. The number of esters is 1. The molecule has 2 aliphatic heterocycles. The van der Waals surface area contributed by atoms with E-state index in [4.69, 9.17) is 9.47 Å². The van der Waals surface area contributed by atoms with E-state index in [0.717, 1.165) is 0 Å². The maximum absolute atomic E-state index is 12.5. The van der Waals surface area contributed by atoms with Crippen LogP contribution in [0.5, 0.6) is 5.75 Å². The molecule has 0 radical (unpaired) electrons. The standard InChI is InChI=1S/C18H22N2O5S/c1-10(25-11-8-6-5-7-9-11)14(21)19-12-15(22)20-13(17(23)24-4)18(2,3)26-16(12)20/h5-10,12-13,16H,1-4H3,(H,19,21). The quantitative estimate of drug-likeness (QED) is 0.612. The molecule has 1 aromatic carbocycles. The van der Waals surface area contributed by atoms with Gasteiger partial charge in [0.15, 0.2) is 6.10 Å². The second kappa shape index (κ2) is 6.83. The Bertz CT molecular complexity index is 724. The summed E-state index contributed by atoms with van der Waals surface area (Å²) >= 11 is 1.49. The van der Waals surface area contributed by atoms with Crippen molar-refractivity contribution in [1.82, 2.24) is 10.2 Å². The number of carbonyl (C=O) groups is 3. The summed E-state index contributed by atoms with van der Waals surface area (Å²) in [6, 6.07) is 7.70. The van der Waals surface area contributed by atoms with E-state index in [-0.39, 0.29) is 17.2 Å². The van der Waals surface area contributed by atoms with E-state index in [9.17, 15) is 14.4 Å². The van der Waals surface area contributed by atoms with E-state index in [2.05, 4.69) is 5.32 Å². The molecule has 0 aliphatic carbocycles. The van der Waals surface area contributed by atoms with Gasteiger partial charge in [0.2, 0.25) is 5.91 Å². The van der Waals surface area contributed by atoms with Crippen molar-refractivity contribution in [2.24, 2.45) is 0 Å². The Morgan fingerprint density at radius 3 is 2.54 bits per heavy atom. The van der Waals surface area contributed by atoms with Gasteiger partial charge in [-0.25, -0.2) is 4.79 Å². The first-order chi connectivity index (χ1) is 12.3. The molecule has 3 rings (SSSR count). The van der Waals surface area contributed by atoms with Crippen LogP contribution in [0.3, 0.4) is 0 Å². The molecular weight excluding hydrogens is 356 g/mol. The van der Waals surface area contributed by atoms with Crippen LogP contribution in [0.25, 0.3) is 0 Å². The molecule has 8 heteroatoms. The van der Waals surface area contributed by atoms with Gasteiger partial charge in [0, 0.05) is 4.75 Å². The number of carbonyl (C=O) groups excluding carboxylic acids is 3. The first-order valence-electron chi connectivity index (χ1n) is 8.36. The highest BCUT2D eigenvalue weighted by Crippen LogP contribution is 2.51. The summed E-state index contributed by atoms with van der Waals surface area (Å²) in [7, 11) is 1.31. The number of hydrogen-bond donors (Lipinski definition) is 1. The molecular formula is C18H22N2O5S. The van der Waals surface area contributed by atoms with Gasteiger partial charge in [-0.2, -0.15) is 0 Å². The minimum atomic E-state index is -0.741. The molecule has 1 aromatic rings. The second-order valence-electron chi connectivity index (χ2n) is 6.84. The molecule has 2 saturated heterocycles. The van der Waals surface area contributed by atoms with Gasteiger partial charge in [-0.3, -0.25) is 9.59 Å². The minimum Gasteiger partial charge on any atom is -0.481 e. The van der Waals surface area contributed by atoms with Crippen LogP contribution in [0.15, 0.2) is 30.3 Å². The van der Waals surface area contributed by atoms with Crippen LogP contribution in [0.1, 0.15) is 20.8 Å². The highest BCUT2D eigenvalue weighted by atomic mass is 32.2. The van der Waals surface area contributed by atoms with E-state index < -0.39 is 28.9 Å². The molecule has 2 heterocycles. The number of thioether (sulfide) groups is 1. The van der Waals surface area contributed by atoms with Crippen LogP contribution in [-0.2, 0) is 19.1 Å². The van der Waals surface area contributed by atoms with Crippen molar-refractivity contribution in [2.75, 3.05) is 7.11 Å².